The van der Waals surface area contributed by atoms with Gasteiger partial charge in [0.25, 0.3) is 5.91 Å². The zero-order valence-corrected chi connectivity index (χ0v) is 12.6. The number of hydrogen-bond acceptors (Lipinski definition) is 2. The van der Waals surface area contributed by atoms with Crippen LogP contribution in [-0.4, -0.2) is 35.0 Å². The summed E-state index contributed by atoms with van der Waals surface area (Å²) in [7, 11) is 0. The van der Waals surface area contributed by atoms with E-state index >= 15 is 0 Å². The molecule has 2 fully saturated rings. The van der Waals surface area contributed by atoms with E-state index in [2.05, 4.69) is 0 Å². The highest BCUT2D eigenvalue weighted by molar-refractivity contribution is 5.95. The summed E-state index contributed by atoms with van der Waals surface area (Å²) in [5.74, 6) is -3.28. The zero-order chi connectivity index (χ0) is 17.7. The number of benzene rings is 1. The van der Waals surface area contributed by atoms with Crippen LogP contribution in [0.25, 0.3) is 0 Å². The first-order chi connectivity index (χ1) is 11.1. The maximum Gasteiger partial charge on any atom is 0.419 e. The van der Waals surface area contributed by atoms with Crippen LogP contribution in [0.5, 0.6) is 0 Å². The average Bonchev–Trinajstić information content (AvgIpc) is 3.02. The van der Waals surface area contributed by atoms with Crippen LogP contribution >= 0.6 is 0 Å². The lowest BCUT2D eigenvalue weighted by Crippen LogP contribution is -2.37. The Morgan fingerprint density at radius 3 is 2.54 bits per heavy atom. The number of aliphatic carboxylic acids is 1. The number of carbonyl (C=O) groups is 2. The fourth-order valence-corrected chi connectivity index (χ4v) is 3.85. The Bertz CT molecular complexity index is 703. The predicted octanol–water partition coefficient (Wildman–Crippen LogP) is 3.17. The SMILES string of the molecule is O=C(c1ccc(C(F)(F)F)c(F)c1)N1C[C@@H]2CCC[C@@]2(C(=O)O)C1. The van der Waals surface area contributed by atoms with E-state index in [0.717, 1.165) is 12.5 Å². The predicted molar refractivity (Wildman–Crippen MR) is 74.7 cm³/mol. The number of carboxylic acids is 1. The quantitative estimate of drug-likeness (QED) is 0.838. The van der Waals surface area contributed by atoms with Crippen LogP contribution in [0.15, 0.2) is 18.2 Å². The Balaban J connectivity index is 1.84. The molecule has 24 heavy (non-hydrogen) atoms. The highest BCUT2D eigenvalue weighted by Crippen LogP contribution is 2.49. The number of carbonyl (C=O) groups excluding carboxylic acids is 1. The van der Waals surface area contributed by atoms with Crippen molar-refractivity contribution in [2.24, 2.45) is 11.3 Å². The van der Waals surface area contributed by atoms with Gasteiger partial charge in [-0.15, -0.1) is 0 Å². The van der Waals surface area contributed by atoms with E-state index in [4.69, 9.17) is 0 Å². The van der Waals surface area contributed by atoms with Crippen molar-refractivity contribution in [1.29, 1.82) is 0 Å². The summed E-state index contributed by atoms with van der Waals surface area (Å²) in [4.78, 5) is 25.3. The molecule has 8 heteroatoms. The molecule has 1 aromatic rings. The second-order valence-electron chi connectivity index (χ2n) is 6.43. The lowest BCUT2D eigenvalue weighted by atomic mass is 9.81. The molecule has 0 aromatic heterocycles. The van der Waals surface area contributed by atoms with Gasteiger partial charge >= 0.3 is 12.1 Å². The van der Waals surface area contributed by atoms with Crippen LogP contribution in [0.3, 0.4) is 0 Å². The maximum atomic E-state index is 13.6. The Hall–Kier alpha value is -2.12. The van der Waals surface area contributed by atoms with Crippen molar-refractivity contribution in [3.8, 4) is 0 Å². The number of nitrogens with zero attached hydrogens (tertiary/aromatic N) is 1. The van der Waals surface area contributed by atoms with Gasteiger partial charge in [-0.1, -0.05) is 6.42 Å². The molecular weight excluding hydrogens is 330 g/mol. The maximum absolute atomic E-state index is 13.6. The van der Waals surface area contributed by atoms with E-state index in [9.17, 15) is 32.3 Å². The molecule has 1 N–H and O–H groups in total. The fraction of sp³-hybridized carbons (Fsp3) is 0.500. The van der Waals surface area contributed by atoms with Gasteiger partial charge in [-0.05, 0) is 37.0 Å². The highest BCUT2D eigenvalue weighted by atomic mass is 19.4. The summed E-state index contributed by atoms with van der Waals surface area (Å²) in [6, 6.07) is 2.02. The summed E-state index contributed by atoms with van der Waals surface area (Å²) < 4.78 is 51.4. The van der Waals surface area contributed by atoms with Crippen molar-refractivity contribution in [3.05, 3.63) is 35.1 Å². The lowest BCUT2D eigenvalue weighted by molar-refractivity contribution is -0.149. The van der Waals surface area contributed by atoms with Crippen molar-refractivity contribution in [3.63, 3.8) is 0 Å². The van der Waals surface area contributed by atoms with E-state index in [1.165, 1.54) is 4.90 Å². The van der Waals surface area contributed by atoms with E-state index in [0.29, 0.717) is 25.0 Å². The van der Waals surface area contributed by atoms with Crippen molar-refractivity contribution in [2.75, 3.05) is 13.1 Å². The van der Waals surface area contributed by atoms with E-state index in [1.54, 1.807) is 0 Å². The van der Waals surface area contributed by atoms with E-state index < -0.39 is 34.8 Å². The molecule has 1 amide bonds. The van der Waals surface area contributed by atoms with Crippen LogP contribution in [0, 0.1) is 17.2 Å². The minimum Gasteiger partial charge on any atom is -0.481 e. The fourth-order valence-electron chi connectivity index (χ4n) is 3.85. The Kier molecular flexibility index (Phi) is 3.80. The third-order valence-corrected chi connectivity index (χ3v) is 5.11. The minimum absolute atomic E-state index is 0.00841. The number of likely N-dealkylation sites (tertiary alicyclic amines) is 1. The first kappa shape index (κ1) is 16.7. The number of amides is 1. The Labute approximate surface area is 135 Å². The van der Waals surface area contributed by atoms with Gasteiger partial charge < -0.3 is 10.0 Å². The molecule has 2 aliphatic rings. The Morgan fingerprint density at radius 2 is 2.00 bits per heavy atom. The van der Waals surface area contributed by atoms with Gasteiger partial charge in [-0.2, -0.15) is 13.2 Å². The Morgan fingerprint density at radius 1 is 1.29 bits per heavy atom. The van der Waals surface area contributed by atoms with Gasteiger partial charge in [0.2, 0.25) is 0 Å². The molecule has 1 heterocycles. The summed E-state index contributed by atoms with van der Waals surface area (Å²) >= 11 is 0. The van der Waals surface area contributed by atoms with Gasteiger partial charge in [0.15, 0.2) is 0 Å². The molecule has 3 rings (SSSR count). The molecule has 1 aromatic carbocycles. The number of fused-ring (bicyclic) bond motifs is 1. The number of alkyl halides is 3. The second kappa shape index (κ2) is 5.46. The highest BCUT2D eigenvalue weighted by Gasteiger charge is 2.55. The van der Waals surface area contributed by atoms with Gasteiger partial charge in [0.1, 0.15) is 5.82 Å². The van der Waals surface area contributed by atoms with Gasteiger partial charge in [-0.25, -0.2) is 4.39 Å². The van der Waals surface area contributed by atoms with Crippen molar-refractivity contribution < 1.29 is 32.3 Å². The molecule has 1 saturated heterocycles. The summed E-state index contributed by atoms with van der Waals surface area (Å²) in [6.07, 6.45) is -2.90. The molecule has 0 bridgehead atoms. The monoisotopic (exact) mass is 345 g/mol. The van der Waals surface area contributed by atoms with Gasteiger partial charge in [0.05, 0.1) is 11.0 Å². The third-order valence-electron chi connectivity index (χ3n) is 5.11. The van der Waals surface area contributed by atoms with Crippen LogP contribution in [0.2, 0.25) is 0 Å². The number of halogens is 4. The molecule has 2 atom stereocenters. The topological polar surface area (TPSA) is 57.6 Å². The zero-order valence-electron chi connectivity index (χ0n) is 12.6. The normalized spacial score (nSPS) is 26.5. The lowest BCUT2D eigenvalue weighted by Gasteiger charge is -2.23. The van der Waals surface area contributed by atoms with Crippen molar-refractivity contribution >= 4 is 11.9 Å². The molecule has 130 valence electrons. The van der Waals surface area contributed by atoms with Crippen LogP contribution in [0.4, 0.5) is 17.6 Å². The molecule has 0 unspecified atom stereocenters. The smallest absolute Gasteiger partial charge is 0.419 e. The molecule has 0 spiro atoms. The van der Waals surface area contributed by atoms with E-state index in [1.807, 2.05) is 0 Å². The number of rotatable bonds is 2. The molecule has 0 radical (unpaired) electrons. The van der Waals surface area contributed by atoms with Crippen LogP contribution in [-0.2, 0) is 11.0 Å². The largest absolute Gasteiger partial charge is 0.481 e. The molecule has 1 saturated carbocycles. The van der Waals surface area contributed by atoms with Crippen molar-refractivity contribution in [1.82, 2.24) is 4.90 Å². The van der Waals surface area contributed by atoms with Crippen LogP contribution in [0.1, 0.15) is 35.2 Å². The molecule has 1 aliphatic heterocycles. The average molecular weight is 345 g/mol. The standard InChI is InChI=1S/C16H15F4NO3/c17-12-6-9(3-4-11(12)16(18,19)20)13(22)21-7-10-2-1-5-15(10,8-21)14(23)24/h3-4,6,10H,1-2,5,7-8H2,(H,23,24)/t10-,15+/m0/s1. The summed E-state index contributed by atoms with van der Waals surface area (Å²) in [5.41, 5.74) is -2.62. The van der Waals surface area contributed by atoms with Gasteiger partial charge in [-0.3, -0.25) is 9.59 Å². The molecule has 4 nitrogen and oxygen atoms in total. The number of hydrogen-bond donors (Lipinski definition) is 1. The third kappa shape index (κ3) is 2.53. The van der Waals surface area contributed by atoms with Crippen molar-refractivity contribution in [2.45, 2.75) is 25.4 Å². The second-order valence-corrected chi connectivity index (χ2v) is 6.43. The van der Waals surface area contributed by atoms with Crippen LogP contribution < -0.4 is 0 Å². The first-order valence-corrected chi connectivity index (χ1v) is 7.54. The first-order valence-electron chi connectivity index (χ1n) is 7.54. The van der Waals surface area contributed by atoms with Gasteiger partial charge in [0, 0.05) is 18.7 Å². The summed E-state index contributed by atoms with van der Waals surface area (Å²) in [6.45, 7) is 0.238. The molecule has 1 aliphatic carbocycles. The van der Waals surface area contributed by atoms with E-state index in [-0.39, 0.29) is 24.6 Å². The molecular formula is C16H15F4NO3. The number of carboxylic acid groups (broad SMARTS) is 1. The minimum atomic E-state index is -4.83. The summed E-state index contributed by atoms with van der Waals surface area (Å²) in [5, 5.41) is 9.49.